The molecule has 0 bridgehead atoms. The Balaban J connectivity index is 2.26. The van der Waals surface area contributed by atoms with Crippen LogP contribution in [0.2, 0.25) is 0 Å². The van der Waals surface area contributed by atoms with E-state index in [0.717, 1.165) is 3.79 Å². The van der Waals surface area contributed by atoms with Crippen LogP contribution in [0.15, 0.2) is 13.6 Å². The van der Waals surface area contributed by atoms with Crippen LogP contribution in [-0.2, 0) is 9.53 Å². The van der Waals surface area contributed by atoms with Gasteiger partial charge in [0.1, 0.15) is 6.04 Å². The molecule has 1 fully saturated rings. The number of carbonyl (C=O) groups excluding carboxylic acids is 1. The third kappa shape index (κ3) is 3.01. The Kier molecular flexibility index (Phi) is 4.65. The molecule has 0 saturated carbocycles. The first kappa shape index (κ1) is 15.0. The van der Waals surface area contributed by atoms with Crippen molar-refractivity contribution in [3.05, 3.63) is 19.2 Å². The number of likely N-dealkylation sites (tertiary alicyclic amines) is 1. The number of ether oxygens (including phenoxy) is 1. The van der Waals surface area contributed by atoms with Crippen LogP contribution in [0.1, 0.15) is 16.8 Å². The molecule has 0 aromatic carbocycles. The lowest BCUT2D eigenvalue weighted by atomic mass is 10.2. The van der Waals surface area contributed by atoms with Crippen LogP contribution in [-0.4, -0.2) is 47.7 Å². The molecule has 0 aliphatic carbocycles. The quantitative estimate of drug-likeness (QED) is 0.828. The van der Waals surface area contributed by atoms with Crippen molar-refractivity contribution in [2.24, 2.45) is 0 Å². The van der Waals surface area contributed by atoms with Gasteiger partial charge in [-0.3, -0.25) is 4.79 Å². The fourth-order valence-electron chi connectivity index (χ4n) is 2.07. The van der Waals surface area contributed by atoms with Crippen molar-refractivity contribution in [1.29, 1.82) is 0 Å². The molecule has 2 atom stereocenters. The average Bonchev–Trinajstić information content (AvgIpc) is 2.91. The second-order valence-electron chi connectivity index (χ2n) is 4.14. The highest BCUT2D eigenvalue weighted by Crippen LogP contribution is 2.34. The highest BCUT2D eigenvalue weighted by Gasteiger charge is 2.40. The molecule has 1 N–H and O–H groups in total. The smallest absolute Gasteiger partial charge is 0.326 e. The first-order valence-electron chi connectivity index (χ1n) is 5.45. The van der Waals surface area contributed by atoms with Gasteiger partial charge in [0.25, 0.3) is 5.91 Å². The number of carboxylic acids is 1. The molecule has 0 radical (unpaired) electrons. The molecule has 104 valence electrons. The van der Waals surface area contributed by atoms with E-state index in [1.54, 1.807) is 6.07 Å². The zero-order valence-corrected chi connectivity index (χ0v) is 13.9. The summed E-state index contributed by atoms with van der Waals surface area (Å²) in [5.74, 6) is -1.29. The normalized spacial score (nSPS) is 22.8. The van der Waals surface area contributed by atoms with Gasteiger partial charge in [0.2, 0.25) is 0 Å². The minimum absolute atomic E-state index is 0.231. The van der Waals surface area contributed by atoms with Gasteiger partial charge in [0, 0.05) is 20.1 Å². The molecule has 19 heavy (non-hydrogen) atoms. The number of aliphatic carboxylic acids is 1. The van der Waals surface area contributed by atoms with Gasteiger partial charge in [-0.1, -0.05) is 0 Å². The third-order valence-corrected chi connectivity index (χ3v) is 5.37. The minimum Gasteiger partial charge on any atom is -0.480 e. The zero-order valence-electron chi connectivity index (χ0n) is 9.93. The number of carbonyl (C=O) groups is 2. The number of carboxylic acid groups (broad SMARTS) is 1. The zero-order chi connectivity index (χ0) is 14.2. The Labute approximate surface area is 130 Å². The SMILES string of the molecule is COC1CC(C(=O)O)N(C(=O)c2cc(Br)sc2Br)C1. The van der Waals surface area contributed by atoms with E-state index in [2.05, 4.69) is 31.9 Å². The molecule has 5 nitrogen and oxygen atoms in total. The topological polar surface area (TPSA) is 66.8 Å². The molecule has 1 aromatic heterocycles. The number of methoxy groups -OCH3 is 1. The average molecular weight is 413 g/mol. The van der Waals surface area contributed by atoms with Crippen LogP contribution in [0.4, 0.5) is 0 Å². The van der Waals surface area contributed by atoms with Gasteiger partial charge in [-0.2, -0.15) is 0 Å². The molecule has 1 aromatic rings. The summed E-state index contributed by atoms with van der Waals surface area (Å²) < 4.78 is 6.67. The number of thiophene rings is 1. The maximum absolute atomic E-state index is 12.4. The number of halogens is 2. The molecular weight excluding hydrogens is 402 g/mol. The van der Waals surface area contributed by atoms with Crippen LogP contribution < -0.4 is 0 Å². The van der Waals surface area contributed by atoms with Crippen LogP contribution in [0.5, 0.6) is 0 Å². The molecule has 1 amide bonds. The van der Waals surface area contributed by atoms with Crippen molar-refractivity contribution >= 4 is 55.1 Å². The van der Waals surface area contributed by atoms with Crippen LogP contribution in [0.3, 0.4) is 0 Å². The maximum atomic E-state index is 12.4. The first-order valence-corrected chi connectivity index (χ1v) is 7.85. The summed E-state index contributed by atoms with van der Waals surface area (Å²) in [5.41, 5.74) is 0.472. The van der Waals surface area contributed by atoms with Gasteiger partial charge in [-0.25, -0.2) is 4.79 Å². The standard InChI is InChI=1S/C11H11Br2NO4S/c1-18-5-2-7(11(16)17)14(4-5)10(15)6-3-8(12)19-9(6)13/h3,5,7H,2,4H2,1H3,(H,16,17). The lowest BCUT2D eigenvalue weighted by molar-refractivity contribution is -0.141. The Hall–Kier alpha value is -0.440. The maximum Gasteiger partial charge on any atom is 0.326 e. The second-order valence-corrected chi connectivity index (χ2v) is 7.89. The predicted octanol–water partition coefficient (Wildman–Crippen LogP) is 2.59. The largest absolute Gasteiger partial charge is 0.480 e. The molecule has 1 aliphatic heterocycles. The van der Waals surface area contributed by atoms with Crippen molar-refractivity contribution in [3.63, 3.8) is 0 Å². The predicted molar refractivity (Wildman–Crippen MR) is 77.6 cm³/mol. The third-order valence-electron chi connectivity index (χ3n) is 3.03. The number of amides is 1. The van der Waals surface area contributed by atoms with Gasteiger partial charge >= 0.3 is 5.97 Å². The highest BCUT2D eigenvalue weighted by molar-refractivity contribution is 9.12. The van der Waals surface area contributed by atoms with Crippen molar-refractivity contribution < 1.29 is 19.4 Å². The van der Waals surface area contributed by atoms with Crippen LogP contribution in [0, 0.1) is 0 Å². The van der Waals surface area contributed by atoms with E-state index in [4.69, 9.17) is 4.74 Å². The van der Waals surface area contributed by atoms with Gasteiger partial charge in [0.15, 0.2) is 0 Å². The number of nitrogens with zero attached hydrogens (tertiary/aromatic N) is 1. The van der Waals surface area contributed by atoms with Gasteiger partial charge in [-0.05, 0) is 37.9 Å². The summed E-state index contributed by atoms with van der Waals surface area (Å²) in [7, 11) is 1.52. The molecule has 2 rings (SSSR count). The van der Waals surface area contributed by atoms with E-state index in [0.29, 0.717) is 22.3 Å². The number of hydrogen-bond donors (Lipinski definition) is 1. The van der Waals surface area contributed by atoms with E-state index in [1.165, 1.54) is 23.3 Å². The molecule has 8 heteroatoms. The van der Waals surface area contributed by atoms with Gasteiger partial charge < -0.3 is 14.7 Å². The fraction of sp³-hybridized carbons (Fsp3) is 0.455. The summed E-state index contributed by atoms with van der Waals surface area (Å²) in [4.78, 5) is 25.0. The van der Waals surface area contributed by atoms with Crippen molar-refractivity contribution in [2.75, 3.05) is 13.7 Å². The first-order chi connectivity index (χ1) is 8.93. The monoisotopic (exact) mass is 411 g/mol. The lowest BCUT2D eigenvalue weighted by Gasteiger charge is -2.20. The van der Waals surface area contributed by atoms with Crippen molar-refractivity contribution in [2.45, 2.75) is 18.6 Å². The molecule has 2 heterocycles. The van der Waals surface area contributed by atoms with E-state index >= 15 is 0 Å². The summed E-state index contributed by atoms with van der Waals surface area (Å²) in [6.07, 6.45) is 0.0893. The lowest BCUT2D eigenvalue weighted by Crippen LogP contribution is -2.40. The van der Waals surface area contributed by atoms with Gasteiger partial charge in [-0.15, -0.1) is 11.3 Å². The fourth-order valence-corrected chi connectivity index (χ4v) is 4.85. The summed E-state index contributed by atoms with van der Waals surface area (Å²) in [5, 5.41) is 9.20. The summed E-state index contributed by atoms with van der Waals surface area (Å²) in [6, 6.07) is 0.860. The Morgan fingerprint density at radius 2 is 2.21 bits per heavy atom. The Morgan fingerprint density at radius 1 is 1.53 bits per heavy atom. The van der Waals surface area contributed by atoms with E-state index in [-0.39, 0.29) is 12.0 Å². The van der Waals surface area contributed by atoms with E-state index < -0.39 is 12.0 Å². The Bertz CT molecular complexity index is 519. The van der Waals surface area contributed by atoms with E-state index in [1.807, 2.05) is 0 Å². The Morgan fingerprint density at radius 3 is 2.68 bits per heavy atom. The second kappa shape index (κ2) is 5.90. The molecule has 0 spiro atoms. The molecular formula is C11H11Br2NO4S. The summed E-state index contributed by atoms with van der Waals surface area (Å²) in [6.45, 7) is 0.298. The number of hydrogen-bond acceptors (Lipinski definition) is 4. The number of rotatable bonds is 3. The molecule has 1 aliphatic rings. The van der Waals surface area contributed by atoms with E-state index in [9.17, 15) is 14.7 Å². The van der Waals surface area contributed by atoms with Crippen molar-refractivity contribution in [3.8, 4) is 0 Å². The molecule has 1 saturated heterocycles. The highest BCUT2D eigenvalue weighted by atomic mass is 79.9. The van der Waals surface area contributed by atoms with Crippen LogP contribution >= 0.6 is 43.2 Å². The van der Waals surface area contributed by atoms with Crippen LogP contribution in [0.25, 0.3) is 0 Å². The molecule has 2 unspecified atom stereocenters. The minimum atomic E-state index is -1.00. The summed E-state index contributed by atoms with van der Waals surface area (Å²) >= 11 is 8.00. The van der Waals surface area contributed by atoms with Crippen molar-refractivity contribution in [1.82, 2.24) is 4.90 Å². The van der Waals surface area contributed by atoms with Gasteiger partial charge in [0.05, 0.1) is 19.2 Å².